The predicted octanol–water partition coefficient (Wildman–Crippen LogP) is 3.27. The Bertz CT molecular complexity index is 939. The highest BCUT2D eigenvalue weighted by atomic mass is 32.2. The van der Waals surface area contributed by atoms with Crippen LogP contribution in [0.3, 0.4) is 0 Å². The molecule has 1 aliphatic rings. The summed E-state index contributed by atoms with van der Waals surface area (Å²) in [6.45, 7) is 5.65. The minimum Gasteiger partial charge on any atom is -0.339 e. The van der Waals surface area contributed by atoms with Crippen molar-refractivity contribution in [1.29, 1.82) is 0 Å². The average molecular weight is 377 g/mol. The van der Waals surface area contributed by atoms with Gasteiger partial charge in [-0.1, -0.05) is 18.2 Å². The number of sulfonamides is 1. The second-order valence-corrected chi connectivity index (χ2v) is 8.94. The Kier molecular flexibility index (Phi) is 4.79. The summed E-state index contributed by atoms with van der Waals surface area (Å²) in [5.41, 5.74) is 4.06. The third-order valence-corrected chi connectivity index (χ3v) is 6.87. The molecular weight excluding hydrogens is 356 g/mol. The molecule has 132 valence electrons. The van der Waals surface area contributed by atoms with Gasteiger partial charge in [-0.15, -0.1) is 11.8 Å². The van der Waals surface area contributed by atoms with E-state index < -0.39 is 10.0 Å². The number of amides is 1. The maximum Gasteiger partial charge on any atom is 0.262 e. The van der Waals surface area contributed by atoms with Gasteiger partial charge < -0.3 is 5.32 Å². The summed E-state index contributed by atoms with van der Waals surface area (Å²) in [6, 6.07) is 10.7. The van der Waals surface area contributed by atoms with E-state index >= 15 is 0 Å². The van der Waals surface area contributed by atoms with Gasteiger partial charge in [0.1, 0.15) is 5.37 Å². The summed E-state index contributed by atoms with van der Waals surface area (Å²) >= 11 is 1.49. The van der Waals surface area contributed by atoms with E-state index in [1.165, 1.54) is 11.8 Å². The lowest BCUT2D eigenvalue weighted by atomic mass is 10.1. The topological polar surface area (TPSA) is 75.3 Å². The molecule has 2 aromatic carbocycles. The second-order valence-electron chi connectivity index (χ2n) is 6.19. The van der Waals surface area contributed by atoms with E-state index in [-0.39, 0.29) is 16.2 Å². The molecular formula is C18H20N2O3S2. The van der Waals surface area contributed by atoms with E-state index in [0.29, 0.717) is 17.0 Å². The molecule has 0 aliphatic carbocycles. The number of rotatable bonds is 4. The summed E-state index contributed by atoms with van der Waals surface area (Å²) in [6.07, 6.45) is 0. The monoisotopic (exact) mass is 376 g/mol. The fraction of sp³-hybridized carbons (Fsp3) is 0.278. The van der Waals surface area contributed by atoms with Gasteiger partial charge in [-0.05, 0) is 61.2 Å². The van der Waals surface area contributed by atoms with Crippen LogP contribution < -0.4 is 10.0 Å². The molecule has 2 N–H and O–H groups in total. The lowest BCUT2D eigenvalue weighted by Crippen LogP contribution is -2.19. The van der Waals surface area contributed by atoms with Crippen molar-refractivity contribution in [2.24, 2.45) is 0 Å². The summed E-state index contributed by atoms with van der Waals surface area (Å²) < 4.78 is 28.2. The lowest BCUT2D eigenvalue weighted by Gasteiger charge is -2.15. The molecule has 0 unspecified atom stereocenters. The average Bonchev–Trinajstić information content (AvgIpc) is 2.97. The molecule has 0 radical (unpaired) electrons. The Morgan fingerprint density at radius 1 is 1.08 bits per heavy atom. The van der Waals surface area contributed by atoms with Crippen LogP contribution in [0.15, 0.2) is 41.3 Å². The maximum absolute atomic E-state index is 12.8. The molecule has 0 saturated carbocycles. The van der Waals surface area contributed by atoms with Gasteiger partial charge in [-0.3, -0.25) is 9.52 Å². The van der Waals surface area contributed by atoms with Crippen molar-refractivity contribution in [2.45, 2.75) is 31.0 Å². The Morgan fingerprint density at radius 3 is 2.48 bits per heavy atom. The van der Waals surface area contributed by atoms with Crippen LogP contribution in [0.25, 0.3) is 0 Å². The summed E-state index contributed by atoms with van der Waals surface area (Å²) in [5, 5.41) is 2.72. The standard InChI is InChI=1S/C18H20N2O3S2/c1-11-7-13(3)16(8-12(11)2)25(22,23)20-15-6-4-5-14(9-15)18-19-17(21)10-24-18/h4-9,18,20H,10H2,1-3H3,(H,19,21)/t18-/m1/s1. The number of hydrogen-bond acceptors (Lipinski definition) is 4. The highest BCUT2D eigenvalue weighted by molar-refractivity contribution is 8.00. The highest BCUT2D eigenvalue weighted by Gasteiger charge is 2.24. The van der Waals surface area contributed by atoms with Crippen LogP contribution in [0.5, 0.6) is 0 Å². The van der Waals surface area contributed by atoms with Crippen LogP contribution in [0, 0.1) is 20.8 Å². The Balaban J connectivity index is 1.89. The summed E-state index contributed by atoms with van der Waals surface area (Å²) in [7, 11) is -3.68. The number of carbonyl (C=O) groups excluding carboxylic acids is 1. The van der Waals surface area contributed by atoms with Gasteiger partial charge in [-0.2, -0.15) is 0 Å². The smallest absolute Gasteiger partial charge is 0.262 e. The Morgan fingerprint density at radius 2 is 1.80 bits per heavy atom. The van der Waals surface area contributed by atoms with Gasteiger partial charge in [0.05, 0.1) is 10.6 Å². The molecule has 1 aliphatic heterocycles. The highest BCUT2D eigenvalue weighted by Crippen LogP contribution is 2.32. The molecule has 1 amide bonds. The fourth-order valence-electron chi connectivity index (χ4n) is 2.77. The second kappa shape index (κ2) is 6.72. The molecule has 5 nitrogen and oxygen atoms in total. The molecule has 3 rings (SSSR count). The number of carbonyl (C=O) groups is 1. The first-order valence-electron chi connectivity index (χ1n) is 7.88. The van der Waals surface area contributed by atoms with E-state index in [1.54, 1.807) is 31.2 Å². The van der Waals surface area contributed by atoms with Gasteiger partial charge in [0.15, 0.2) is 0 Å². The Hall–Kier alpha value is -1.99. The largest absolute Gasteiger partial charge is 0.339 e. The van der Waals surface area contributed by atoms with Crippen molar-refractivity contribution >= 4 is 33.4 Å². The zero-order valence-electron chi connectivity index (χ0n) is 14.3. The van der Waals surface area contributed by atoms with Crippen molar-refractivity contribution in [3.8, 4) is 0 Å². The van der Waals surface area contributed by atoms with Crippen LogP contribution in [-0.2, 0) is 14.8 Å². The van der Waals surface area contributed by atoms with E-state index in [4.69, 9.17) is 0 Å². The van der Waals surface area contributed by atoms with Crippen molar-refractivity contribution in [3.63, 3.8) is 0 Å². The van der Waals surface area contributed by atoms with Crippen LogP contribution >= 0.6 is 11.8 Å². The Labute approximate surface area is 152 Å². The molecule has 0 spiro atoms. The summed E-state index contributed by atoms with van der Waals surface area (Å²) in [5.74, 6) is 0.411. The maximum atomic E-state index is 12.8. The number of hydrogen-bond donors (Lipinski definition) is 2. The van der Waals surface area contributed by atoms with Crippen molar-refractivity contribution in [1.82, 2.24) is 5.32 Å². The third-order valence-electron chi connectivity index (χ3n) is 4.20. The zero-order valence-corrected chi connectivity index (χ0v) is 15.9. The zero-order chi connectivity index (χ0) is 18.2. The van der Waals surface area contributed by atoms with Gasteiger partial charge in [0.25, 0.3) is 10.0 Å². The molecule has 1 fully saturated rings. The SMILES string of the molecule is Cc1cc(C)c(S(=O)(=O)Nc2cccc([C@@H]3NC(=O)CS3)c2)cc1C. The fourth-order valence-corrected chi connectivity index (χ4v) is 5.08. The summed E-state index contributed by atoms with van der Waals surface area (Å²) in [4.78, 5) is 11.7. The molecule has 2 aromatic rings. The van der Waals surface area contributed by atoms with Crippen LogP contribution in [0.2, 0.25) is 0 Å². The van der Waals surface area contributed by atoms with E-state index in [2.05, 4.69) is 10.0 Å². The molecule has 1 heterocycles. The van der Waals surface area contributed by atoms with Crippen molar-refractivity contribution in [2.75, 3.05) is 10.5 Å². The van der Waals surface area contributed by atoms with E-state index in [9.17, 15) is 13.2 Å². The predicted molar refractivity (Wildman–Crippen MR) is 101 cm³/mol. The third kappa shape index (κ3) is 3.82. The van der Waals surface area contributed by atoms with Gasteiger partial charge >= 0.3 is 0 Å². The van der Waals surface area contributed by atoms with Crippen molar-refractivity contribution in [3.05, 3.63) is 58.7 Å². The molecule has 0 bridgehead atoms. The van der Waals surface area contributed by atoms with Crippen LogP contribution in [-0.4, -0.2) is 20.1 Å². The molecule has 1 atom stereocenters. The number of benzene rings is 2. The number of anilines is 1. The first-order chi connectivity index (χ1) is 11.8. The molecule has 25 heavy (non-hydrogen) atoms. The first-order valence-corrected chi connectivity index (χ1v) is 10.4. The molecule has 7 heteroatoms. The van der Waals surface area contributed by atoms with Gasteiger partial charge in [-0.25, -0.2) is 8.42 Å². The van der Waals surface area contributed by atoms with E-state index in [0.717, 1.165) is 16.7 Å². The van der Waals surface area contributed by atoms with Crippen LogP contribution in [0.1, 0.15) is 27.6 Å². The molecule has 0 aromatic heterocycles. The number of nitrogens with one attached hydrogen (secondary N) is 2. The lowest BCUT2D eigenvalue weighted by molar-refractivity contribution is -0.118. The molecule has 1 saturated heterocycles. The quantitative estimate of drug-likeness (QED) is 0.859. The van der Waals surface area contributed by atoms with E-state index in [1.807, 2.05) is 26.0 Å². The minimum absolute atomic E-state index is 0.00765. The number of thioether (sulfide) groups is 1. The van der Waals surface area contributed by atoms with Gasteiger partial charge in [0, 0.05) is 5.69 Å². The van der Waals surface area contributed by atoms with Crippen molar-refractivity contribution < 1.29 is 13.2 Å². The first kappa shape index (κ1) is 17.8. The number of aryl methyl sites for hydroxylation is 3. The minimum atomic E-state index is -3.68. The van der Waals surface area contributed by atoms with Crippen LogP contribution in [0.4, 0.5) is 5.69 Å². The normalized spacial score (nSPS) is 17.4. The van der Waals surface area contributed by atoms with Gasteiger partial charge in [0.2, 0.25) is 5.91 Å².